The van der Waals surface area contributed by atoms with E-state index in [1.54, 1.807) is 0 Å². The van der Waals surface area contributed by atoms with Crippen molar-refractivity contribution < 1.29 is 0 Å². The second kappa shape index (κ2) is 3.32. The Morgan fingerprint density at radius 2 is 2.20 bits per heavy atom. The summed E-state index contributed by atoms with van der Waals surface area (Å²) in [6.07, 6.45) is 2.78. The molecular formula is C10H13ClN4. The Morgan fingerprint density at radius 1 is 1.33 bits per heavy atom. The molecule has 0 amide bonds. The molecule has 2 atom stereocenters. The molecule has 15 heavy (non-hydrogen) atoms. The van der Waals surface area contributed by atoms with Crippen LogP contribution in [0.15, 0.2) is 12.4 Å². The third-order valence-electron chi connectivity index (χ3n) is 3.43. The van der Waals surface area contributed by atoms with Crippen LogP contribution >= 0.6 is 11.6 Å². The standard InChI is InChI=1S/C10H13ClN4/c1-14-4-8-2-7(14)5-15(8)10-3-9(11)12-6-13-10/h3,6-8H,2,4-5H2,1H3/t7-,8-/m0/s1. The molecule has 0 aliphatic carbocycles. The van der Waals surface area contributed by atoms with Gasteiger partial charge in [0.05, 0.1) is 0 Å². The monoisotopic (exact) mass is 224 g/mol. The van der Waals surface area contributed by atoms with Gasteiger partial charge in [0.2, 0.25) is 0 Å². The van der Waals surface area contributed by atoms with Crippen molar-refractivity contribution in [3.05, 3.63) is 17.5 Å². The van der Waals surface area contributed by atoms with E-state index in [0.717, 1.165) is 18.9 Å². The van der Waals surface area contributed by atoms with Gasteiger partial charge in [-0.3, -0.25) is 4.90 Å². The van der Waals surface area contributed by atoms with E-state index >= 15 is 0 Å². The highest BCUT2D eigenvalue weighted by molar-refractivity contribution is 6.29. The first kappa shape index (κ1) is 9.36. The minimum Gasteiger partial charge on any atom is -0.351 e. The molecule has 2 aliphatic rings. The maximum absolute atomic E-state index is 5.87. The number of rotatable bonds is 1. The van der Waals surface area contributed by atoms with E-state index in [9.17, 15) is 0 Å². The Bertz CT molecular complexity index is 381. The van der Waals surface area contributed by atoms with E-state index in [4.69, 9.17) is 11.6 Å². The number of piperazine rings is 1. The number of nitrogens with zero attached hydrogens (tertiary/aromatic N) is 4. The number of anilines is 1. The molecule has 3 rings (SSSR count). The fraction of sp³-hybridized carbons (Fsp3) is 0.600. The summed E-state index contributed by atoms with van der Waals surface area (Å²) in [7, 11) is 2.19. The van der Waals surface area contributed by atoms with Gasteiger partial charge in [-0.1, -0.05) is 11.6 Å². The molecule has 80 valence electrons. The number of hydrogen-bond donors (Lipinski definition) is 0. The van der Waals surface area contributed by atoms with Crippen LogP contribution in [0.25, 0.3) is 0 Å². The van der Waals surface area contributed by atoms with Crippen molar-refractivity contribution in [2.24, 2.45) is 0 Å². The third-order valence-corrected chi connectivity index (χ3v) is 3.63. The molecule has 3 heterocycles. The van der Waals surface area contributed by atoms with Gasteiger partial charge in [-0.2, -0.15) is 0 Å². The summed E-state index contributed by atoms with van der Waals surface area (Å²) >= 11 is 5.87. The fourth-order valence-corrected chi connectivity index (χ4v) is 2.77. The summed E-state index contributed by atoms with van der Waals surface area (Å²) < 4.78 is 0. The number of likely N-dealkylation sites (N-methyl/N-ethyl adjacent to an activating group) is 1. The van der Waals surface area contributed by atoms with Gasteiger partial charge in [0.25, 0.3) is 0 Å². The smallest absolute Gasteiger partial charge is 0.134 e. The Kier molecular flexibility index (Phi) is 2.07. The molecule has 1 aromatic heterocycles. The molecule has 2 bridgehead atoms. The minimum atomic E-state index is 0.524. The van der Waals surface area contributed by atoms with E-state index in [1.165, 1.54) is 12.7 Å². The second-order valence-electron chi connectivity index (χ2n) is 4.33. The molecule has 2 saturated heterocycles. The maximum Gasteiger partial charge on any atom is 0.134 e. The lowest BCUT2D eigenvalue weighted by molar-refractivity contribution is 0.292. The maximum atomic E-state index is 5.87. The van der Waals surface area contributed by atoms with Crippen LogP contribution in [-0.4, -0.2) is 47.1 Å². The first-order valence-electron chi connectivity index (χ1n) is 5.18. The topological polar surface area (TPSA) is 32.3 Å². The quantitative estimate of drug-likeness (QED) is 0.667. The van der Waals surface area contributed by atoms with Gasteiger partial charge in [-0.15, -0.1) is 0 Å². The van der Waals surface area contributed by atoms with Crippen molar-refractivity contribution in [1.29, 1.82) is 0 Å². The Labute approximate surface area is 93.9 Å². The molecular weight excluding hydrogens is 212 g/mol. The highest BCUT2D eigenvalue weighted by atomic mass is 35.5. The molecule has 5 heteroatoms. The number of halogens is 1. The van der Waals surface area contributed by atoms with E-state index in [0.29, 0.717) is 17.2 Å². The first-order valence-corrected chi connectivity index (χ1v) is 5.56. The van der Waals surface area contributed by atoms with Crippen LogP contribution in [-0.2, 0) is 0 Å². The van der Waals surface area contributed by atoms with Gasteiger partial charge >= 0.3 is 0 Å². The van der Waals surface area contributed by atoms with Crippen LogP contribution in [0.1, 0.15) is 6.42 Å². The number of fused-ring (bicyclic) bond motifs is 2. The molecule has 0 saturated carbocycles. The van der Waals surface area contributed by atoms with Crippen molar-refractivity contribution in [3.8, 4) is 0 Å². The summed E-state index contributed by atoms with van der Waals surface area (Å²) in [5.41, 5.74) is 0. The molecule has 4 nitrogen and oxygen atoms in total. The molecule has 0 spiro atoms. The molecule has 0 N–H and O–H groups in total. The lowest BCUT2D eigenvalue weighted by Crippen LogP contribution is -2.44. The Hall–Kier alpha value is -0.870. The van der Waals surface area contributed by atoms with Crippen LogP contribution in [0.5, 0.6) is 0 Å². The fourth-order valence-electron chi connectivity index (χ4n) is 2.63. The Morgan fingerprint density at radius 3 is 2.80 bits per heavy atom. The van der Waals surface area contributed by atoms with E-state index in [-0.39, 0.29) is 0 Å². The van der Waals surface area contributed by atoms with Crippen molar-refractivity contribution in [3.63, 3.8) is 0 Å². The van der Waals surface area contributed by atoms with Crippen LogP contribution < -0.4 is 4.90 Å². The van der Waals surface area contributed by atoms with E-state index in [1.807, 2.05) is 6.07 Å². The SMILES string of the molecule is CN1C[C@@H]2C[C@H]1CN2c1cc(Cl)ncn1. The van der Waals surface area contributed by atoms with Gasteiger partial charge < -0.3 is 4.90 Å². The third kappa shape index (κ3) is 1.48. The summed E-state index contributed by atoms with van der Waals surface area (Å²) in [6.45, 7) is 2.20. The van der Waals surface area contributed by atoms with Crippen molar-refractivity contribution >= 4 is 17.4 Å². The zero-order valence-corrected chi connectivity index (χ0v) is 9.35. The van der Waals surface area contributed by atoms with Gasteiger partial charge in [-0.25, -0.2) is 9.97 Å². The highest BCUT2D eigenvalue weighted by Crippen LogP contribution is 2.32. The first-order chi connectivity index (χ1) is 7.24. The van der Waals surface area contributed by atoms with Crippen LogP contribution in [0.3, 0.4) is 0 Å². The number of aromatic nitrogens is 2. The molecule has 0 unspecified atom stereocenters. The number of likely N-dealkylation sites (tertiary alicyclic amines) is 1. The molecule has 2 aliphatic heterocycles. The molecule has 0 radical (unpaired) electrons. The normalized spacial score (nSPS) is 30.1. The lowest BCUT2D eigenvalue weighted by Gasteiger charge is -2.32. The largest absolute Gasteiger partial charge is 0.351 e. The van der Waals surface area contributed by atoms with Gasteiger partial charge in [0.1, 0.15) is 17.3 Å². The summed E-state index contributed by atoms with van der Waals surface area (Å²) in [5, 5.41) is 0.524. The average molecular weight is 225 g/mol. The summed E-state index contributed by atoms with van der Waals surface area (Å²) in [4.78, 5) is 12.9. The van der Waals surface area contributed by atoms with Crippen LogP contribution in [0.2, 0.25) is 5.15 Å². The summed E-state index contributed by atoms with van der Waals surface area (Å²) in [6, 6.07) is 3.14. The number of hydrogen-bond acceptors (Lipinski definition) is 4. The van der Waals surface area contributed by atoms with E-state index < -0.39 is 0 Å². The van der Waals surface area contributed by atoms with Crippen molar-refractivity contribution in [2.45, 2.75) is 18.5 Å². The van der Waals surface area contributed by atoms with Gasteiger partial charge in [0, 0.05) is 31.2 Å². The van der Waals surface area contributed by atoms with E-state index in [2.05, 4.69) is 26.8 Å². The molecule has 0 aromatic carbocycles. The average Bonchev–Trinajstić information content (AvgIpc) is 2.76. The Balaban J connectivity index is 1.86. The predicted molar refractivity (Wildman–Crippen MR) is 59.2 cm³/mol. The van der Waals surface area contributed by atoms with Gasteiger partial charge in [0.15, 0.2) is 0 Å². The van der Waals surface area contributed by atoms with Crippen LogP contribution in [0, 0.1) is 0 Å². The van der Waals surface area contributed by atoms with Crippen LogP contribution in [0.4, 0.5) is 5.82 Å². The van der Waals surface area contributed by atoms with Gasteiger partial charge in [-0.05, 0) is 13.5 Å². The highest BCUT2D eigenvalue weighted by Gasteiger charge is 2.41. The zero-order valence-electron chi connectivity index (χ0n) is 8.60. The lowest BCUT2D eigenvalue weighted by atomic mass is 10.2. The molecule has 2 fully saturated rings. The summed E-state index contributed by atoms with van der Waals surface area (Å²) in [5.74, 6) is 0.968. The molecule has 1 aromatic rings. The zero-order chi connectivity index (χ0) is 10.4. The predicted octanol–water partition coefficient (Wildman–Crippen LogP) is 1.02. The minimum absolute atomic E-state index is 0.524. The van der Waals surface area contributed by atoms with Crippen molar-refractivity contribution in [2.75, 3.05) is 25.0 Å². The van der Waals surface area contributed by atoms with Crippen molar-refractivity contribution in [1.82, 2.24) is 14.9 Å². The second-order valence-corrected chi connectivity index (χ2v) is 4.72.